The van der Waals surface area contributed by atoms with E-state index in [0.717, 1.165) is 54.9 Å². The normalized spacial score (nSPS) is 15.8. The quantitative estimate of drug-likeness (QED) is 0.285. The zero-order valence-electron chi connectivity index (χ0n) is 22.9. The lowest BCUT2D eigenvalue weighted by atomic mass is 9.97. The van der Waals surface area contributed by atoms with Gasteiger partial charge in [0.2, 0.25) is 5.13 Å². The minimum absolute atomic E-state index is 0. The van der Waals surface area contributed by atoms with Gasteiger partial charge in [-0.15, -0.1) is 22.6 Å². The number of nitrogens with zero attached hydrogens (tertiary/aromatic N) is 4. The van der Waals surface area contributed by atoms with Crippen molar-refractivity contribution in [3.63, 3.8) is 0 Å². The minimum atomic E-state index is -0.706. The van der Waals surface area contributed by atoms with Crippen LogP contribution in [0.1, 0.15) is 47.2 Å². The molecule has 2 heterocycles. The molecule has 41 heavy (non-hydrogen) atoms. The van der Waals surface area contributed by atoms with E-state index < -0.39 is 11.8 Å². The topological polar surface area (TPSA) is 95.9 Å². The first-order valence-corrected chi connectivity index (χ1v) is 14.7. The number of hydrogen-bond acceptors (Lipinski definition) is 7. The van der Waals surface area contributed by atoms with Gasteiger partial charge in [0.05, 0.1) is 16.5 Å². The average molecular weight is 624 g/mol. The van der Waals surface area contributed by atoms with Gasteiger partial charge in [0.1, 0.15) is 23.2 Å². The second kappa shape index (κ2) is 13.5. The van der Waals surface area contributed by atoms with Crippen molar-refractivity contribution in [2.24, 2.45) is 11.8 Å². The smallest absolute Gasteiger partial charge is 0.306 e. The zero-order chi connectivity index (χ0) is 28.4. The van der Waals surface area contributed by atoms with Gasteiger partial charge in [-0.3, -0.25) is 19.4 Å². The van der Waals surface area contributed by atoms with Crippen molar-refractivity contribution < 1.29 is 23.8 Å². The fourth-order valence-corrected chi connectivity index (χ4v) is 6.09. The lowest BCUT2D eigenvalue weighted by Crippen LogP contribution is -2.38. The number of halogens is 3. The number of amides is 1. The molecule has 0 spiro atoms. The van der Waals surface area contributed by atoms with Crippen LogP contribution in [0.2, 0.25) is 5.02 Å². The number of likely N-dealkylation sites (tertiary alicyclic amines) is 1. The maximum atomic E-state index is 14.1. The summed E-state index contributed by atoms with van der Waals surface area (Å²) in [5.41, 5.74) is 2.92. The van der Waals surface area contributed by atoms with Gasteiger partial charge in [0.25, 0.3) is 5.91 Å². The van der Waals surface area contributed by atoms with Crippen molar-refractivity contribution in [1.82, 2.24) is 15.1 Å². The van der Waals surface area contributed by atoms with Crippen LogP contribution in [0.15, 0.2) is 30.3 Å². The Morgan fingerprint density at radius 2 is 1.83 bits per heavy atom. The van der Waals surface area contributed by atoms with Gasteiger partial charge in [0.15, 0.2) is 0 Å². The summed E-state index contributed by atoms with van der Waals surface area (Å²) in [6, 6.07) is 8.24. The predicted molar refractivity (Wildman–Crippen MR) is 160 cm³/mol. The summed E-state index contributed by atoms with van der Waals surface area (Å²) in [6.07, 6.45) is 3.41. The fraction of sp³-hybridized carbons (Fsp3) is 0.448. The fourth-order valence-electron chi connectivity index (χ4n) is 5.04. The Labute approximate surface area is 253 Å². The minimum Gasteiger partial charge on any atom is -0.492 e. The molecule has 0 bridgehead atoms. The lowest BCUT2D eigenvalue weighted by molar-refractivity contribution is -0.143. The lowest BCUT2D eigenvalue weighted by Gasteiger charge is -2.30. The highest BCUT2D eigenvalue weighted by Gasteiger charge is 2.32. The number of aryl methyl sites for hydroxylation is 2. The number of aromatic nitrogens is 2. The molecule has 5 rings (SSSR count). The van der Waals surface area contributed by atoms with Crippen molar-refractivity contribution in [1.29, 1.82) is 0 Å². The molecule has 2 aliphatic rings. The Morgan fingerprint density at radius 1 is 1.15 bits per heavy atom. The summed E-state index contributed by atoms with van der Waals surface area (Å²) in [7, 11) is 0. The van der Waals surface area contributed by atoms with E-state index >= 15 is 0 Å². The van der Waals surface area contributed by atoms with Crippen molar-refractivity contribution in [3.8, 4) is 16.3 Å². The van der Waals surface area contributed by atoms with E-state index in [-0.39, 0.29) is 34.8 Å². The highest BCUT2D eigenvalue weighted by molar-refractivity contribution is 7.18. The van der Waals surface area contributed by atoms with E-state index in [0.29, 0.717) is 42.1 Å². The monoisotopic (exact) mass is 622 g/mol. The summed E-state index contributed by atoms with van der Waals surface area (Å²) in [4.78, 5) is 28.4. The number of carboxylic acids is 1. The summed E-state index contributed by atoms with van der Waals surface area (Å²) in [5, 5.41) is 18.8. The van der Waals surface area contributed by atoms with E-state index in [1.165, 1.54) is 29.5 Å². The summed E-state index contributed by atoms with van der Waals surface area (Å²) >= 11 is 7.44. The van der Waals surface area contributed by atoms with Crippen molar-refractivity contribution in [2.45, 2.75) is 39.5 Å². The SMILES string of the molecule is Cc1cc(-c2nnc(N(CC3CC3)C(=O)c3cccc(F)c3Cl)s2)cc(C)c1OCCN1CCC(C(=O)O)CC1.Cl. The van der Waals surface area contributed by atoms with Crippen LogP contribution in [0.5, 0.6) is 5.75 Å². The zero-order valence-corrected chi connectivity index (χ0v) is 25.3. The van der Waals surface area contributed by atoms with Gasteiger partial charge in [0, 0.05) is 18.7 Å². The highest BCUT2D eigenvalue weighted by atomic mass is 35.5. The van der Waals surface area contributed by atoms with Crippen molar-refractivity contribution in [2.75, 3.05) is 37.7 Å². The second-order valence-electron chi connectivity index (χ2n) is 10.6. The Balaban J connectivity index is 0.00000387. The molecule has 1 saturated carbocycles. The number of carboxylic acid groups (broad SMARTS) is 1. The molecule has 1 aromatic heterocycles. The van der Waals surface area contributed by atoms with Crippen LogP contribution in [0.4, 0.5) is 9.52 Å². The van der Waals surface area contributed by atoms with Crippen LogP contribution in [0.3, 0.4) is 0 Å². The van der Waals surface area contributed by atoms with E-state index in [9.17, 15) is 19.1 Å². The van der Waals surface area contributed by atoms with Crippen LogP contribution in [0.25, 0.3) is 10.6 Å². The largest absolute Gasteiger partial charge is 0.492 e. The second-order valence-corrected chi connectivity index (χ2v) is 11.9. The molecule has 2 aromatic carbocycles. The molecule has 1 aliphatic carbocycles. The number of carbonyl (C=O) groups excluding carboxylic acids is 1. The first kappa shape index (κ1) is 31.2. The van der Waals surface area contributed by atoms with Gasteiger partial charge in [-0.1, -0.05) is 29.0 Å². The third-order valence-electron chi connectivity index (χ3n) is 7.51. The molecule has 0 atom stereocenters. The number of aliphatic carboxylic acids is 1. The van der Waals surface area contributed by atoms with E-state index in [2.05, 4.69) is 15.1 Å². The molecular formula is C29H33Cl2FN4O4S. The maximum absolute atomic E-state index is 14.1. The Kier molecular flexibility index (Phi) is 10.2. The van der Waals surface area contributed by atoms with E-state index in [1.54, 1.807) is 4.90 Å². The Bertz CT molecular complexity index is 1390. The van der Waals surface area contributed by atoms with Gasteiger partial charge in [-0.2, -0.15) is 0 Å². The van der Waals surface area contributed by atoms with Gasteiger partial charge in [-0.25, -0.2) is 4.39 Å². The first-order chi connectivity index (χ1) is 19.2. The Hall–Kier alpha value is -2.79. The summed E-state index contributed by atoms with van der Waals surface area (Å²) < 4.78 is 20.2. The molecule has 1 amide bonds. The highest BCUT2D eigenvalue weighted by Crippen LogP contribution is 2.37. The molecule has 8 nitrogen and oxygen atoms in total. The van der Waals surface area contributed by atoms with Gasteiger partial charge < -0.3 is 9.84 Å². The Morgan fingerprint density at radius 3 is 2.46 bits per heavy atom. The number of benzene rings is 2. The number of anilines is 1. The molecule has 0 unspecified atom stereocenters. The average Bonchev–Trinajstić information content (AvgIpc) is 3.63. The van der Waals surface area contributed by atoms with Crippen molar-refractivity contribution >= 4 is 52.4 Å². The first-order valence-electron chi connectivity index (χ1n) is 13.5. The molecule has 1 aliphatic heterocycles. The number of carbonyl (C=O) groups is 2. The number of rotatable bonds is 10. The van der Waals surface area contributed by atoms with Crippen LogP contribution in [-0.4, -0.2) is 64.9 Å². The summed E-state index contributed by atoms with van der Waals surface area (Å²) in [5.74, 6) is -0.764. The molecular weight excluding hydrogens is 590 g/mol. The number of piperidine rings is 1. The molecule has 220 valence electrons. The maximum Gasteiger partial charge on any atom is 0.306 e. The van der Waals surface area contributed by atoms with Crippen LogP contribution in [-0.2, 0) is 4.79 Å². The van der Waals surface area contributed by atoms with Crippen molar-refractivity contribution in [3.05, 3.63) is 57.9 Å². The van der Waals surface area contributed by atoms with Crippen LogP contribution >= 0.6 is 35.3 Å². The van der Waals surface area contributed by atoms with E-state index in [1.807, 2.05) is 26.0 Å². The molecule has 3 aromatic rings. The third kappa shape index (κ3) is 7.35. The standard InChI is InChI=1S/C29H32ClFN4O4S.ClH/c1-17-14-21(15-18(2)25(17)39-13-12-34-10-8-20(9-11-34)28(37)38)26-32-33-29(40-26)35(16-19-6-7-19)27(36)22-4-3-5-23(31)24(22)30;/h3-5,14-15,19-20H,6-13,16H2,1-2H3,(H,37,38);1H. The number of hydrogen-bond donors (Lipinski definition) is 1. The third-order valence-corrected chi connectivity index (χ3v) is 8.89. The van der Waals surface area contributed by atoms with Gasteiger partial charge >= 0.3 is 5.97 Å². The van der Waals surface area contributed by atoms with E-state index in [4.69, 9.17) is 16.3 Å². The van der Waals surface area contributed by atoms with Crippen LogP contribution < -0.4 is 9.64 Å². The summed E-state index contributed by atoms with van der Waals surface area (Å²) in [6.45, 7) is 7.25. The predicted octanol–water partition coefficient (Wildman–Crippen LogP) is 6.27. The molecule has 2 fully saturated rings. The molecule has 1 N–H and O–H groups in total. The molecule has 12 heteroatoms. The molecule has 0 radical (unpaired) electrons. The van der Waals surface area contributed by atoms with Crippen LogP contribution in [0, 0.1) is 31.5 Å². The molecule has 1 saturated heterocycles. The van der Waals surface area contributed by atoms with Gasteiger partial charge in [-0.05, 0) is 93.9 Å². The number of ether oxygens (including phenoxy) is 1.